The Kier molecular flexibility index (Phi) is 3.10. The molecule has 18 heavy (non-hydrogen) atoms. The first-order valence-electron chi connectivity index (χ1n) is 5.61. The summed E-state index contributed by atoms with van der Waals surface area (Å²) in [6, 6.07) is 3.60. The largest absolute Gasteiger partial charge is 0.465 e. The molecule has 6 heteroatoms. The second-order valence-electron chi connectivity index (χ2n) is 4.32. The van der Waals surface area contributed by atoms with E-state index in [1.54, 1.807) is 6.07 Å². The van der Waals surface area contributed by atoms with Gasteiger partial charge in [0.05, 0.1) is 0 Å². The van der Waals surface area contributed by atoms with Crippen molar-refractivity contribution in [1.29, 1.82) is 0 Å². The van der Waals surface area contributed by atoms with Gasteiger partial charge in [-0.05, 0) is 30.0 Å². The summed E-state index contributed by atoms with van der Waals surface area (Å²) < 4.78 is 0. The lowest BCUT2D eigenvalue weighted by molar-refractivity contribution is 0.140. The van der Waals surface area contributed by atoms with Crippen molar-refractivity contribution < 1.29 is 15.1 Å². The quantitative estimate of drug-likeness (QED) is 0.300. The predicted molar refractivity (Wildman–Crippen MR) is 65.8 cm³/mol. The molecule has 0 saturated heterocycles. The Labute approximate surface area is 104 Å². The number of fused-ring (bicyclic) bond motifs is 1. The van der Waals surface area contributed by atoms with Gasteiger partial charge in [0.25, 0.3) is 0 Å². The summed E-state index contributed by atoms with van der Waals surface area (Å²) in [7, 11) is 0. The minimum absolute atomic E-state index is 0.0796. The summed E-state index contributed by atoms with van der Waals surface area (Å²) in [6.07, 6.45) is -0.251. The maximum atomic E-state index is 10.9. The van der Waals surface area contributed by atoms with Crippen LogP contribution in [0.25, 0.3) is 0 Å². The molecule has 0 fully saturated rings. The molecular weight excluding hydrogens is 234 g/mol. The Bertz CT molecular complexity index is 526. The minimum Gasteiger partial charge on any atom is -0.465 e. The van der Waals surface area contributed by atoms with Crippen molar-refractivity contribution in [1.82, 2.24) is 4.90 Å². The summed E-state index contributed by atoms with van der Waals surface area (Å²) in [5.41, 5.74) is 9.32. The van der Waals surface area contributed by atoms with Gasteiger partial charge in [0.1, 0.15) is 0 Å². The highest BCUT2D eigenvalue weighted by Crippen LogP contribution is 2.24. The number of nitrogens with two attached hydrogens (primary N) is 1. The van der Waals surface area contributed by atoms with E-state index < -0.39 is 6.09 Å². The number of benzene rings is 1. The molecule has 2 rings (SSSR count). The third-order valence-electron chi connectivity index (χ3n) is 3.34. The van der Waals surface area contributed by atoms with Gasteiger partial charge in [-0.15, -0.1) is 0 Å². The molecule has 1 aliphatic rings. The van der Waals surface area contributed by atoms with Crippen LogP contribution in [0.3, 0.4) is 0 Å². The zero-order valence-corrected chi connectivity index (χ0v) is 10.1. The van der Waals surface area contributed by atoms with Crippen molar-refractivity contribution in [3.05, 3.63) is 34.4 Å². The Morgan fingerprint density at radius 3 is 2.83 bits per heavy atom. The lowest BCUT2D eigenvalue weighted by Crippen LogP contribution is -2.35. The standard InChI is InChI=1S/C12H15N3O3/c1-7-9-4-5-15(12(16)17)6-8(9)2-3-10(7)11(13)14-18/h2-3,18H,4-6H2,1H3,(H2,13,14)(H,16,17). The number of carboxylic acid groups (broad SMARTS) is 1. The maximum Gasteiger partial charge on any atom is 0.407 e. The number of amidine groups is 1. The molecule has 0 saturated carbocycles. The van der Waals surface area contributed by atoms with E-state index in [1.165, 1.54) is 4.90 Å². The number of nitrogens with zero attached hydrogens (tertiary/aromatic N) is 2. The second kappa shape index (κ2) is 4.56. The number of hydrogen-bond donors (Lipinski definition) is 3. The highest BCUT2D eigenvalue weighted by atomic mass is 16.4. The molecule has 4 N–H and O–H groups in total. The Balaban J connectivity index is 2.41. The highest BCUT2D eigenvalue weighted by molar-refractivity contribution is 5.98. The Morgan fingerprint density at radius 1 is 1.50 bits per heavy atom. The summed E-state index contributed by atoms with van der Waals surface area (Å²) in [6.45, 7) is 2.77. The first-order chi connectivity index (χ1) is 8.54. The molecular formula is C12H15N3O3. The van der Waals surface area contributed by atoms with Gasteiger partial charge >= 0.3 is 6.09 Å². The lowest BCUT2D eigenvalue weighted by Gasteiger charge is -2.28. The van der Waals surface area contributed by atoms with Crippen LogP contribution in [0.15, 0.2) is 17.3 Å². The van der Waals surface area contributed by atoms with E-state index >= 15 is 0 Å². The SMILES string of the molecule is Cc1c(C(N)=NO)ccc2c1CCN(C(=O)O)C2. The van der Waals surface area contributed by atoms with Gasteiger partial charge in [-0.1, -0.05) is 17.3 Å². The van der Waals surface area contributed by atoms with Crippen LogP contribution in [0.1, 0.15) is 22.3 Å². The second-order valence-corrected chi connectivity index (χ2v) is 4.32. The van der Waals surface area contributed by atoms with Crippen molar-refractivity contribution >= 4 is 11.9 Å². The van der Waals surface area contributed by atoms with E-state index in [-0.39, 0.29) is 5.84 Å². The molecule has 0 spiro atoms. The van der Waals surface area contributed by atoms with Crippen LogP contribution in [0.2, 0.25) is 0 Å². The van der Waals surface area contributed by atoms with Crippen molar-refractivity contribution in [3.8, 4) is 0 Å². The Morgan fingerprint density at radius 2 is 2.22 bits per heavy atom. The number of rotatable bonds is 1. The summed E-state index contributed by atoms with van der Waals surface area (Å²) in [4.78, 5) is 12.3. The van der Waals surface area contributed by atoms with Crippen molar-refractivity contribution in [2.45, 2.75) is 19.9 Å². The number of amides is 1. The topological polar surface area (TPSA) is 99.2 Å². The molecule has 0 unspecified atom stereocenters. The first-order valence-corrected chi connectivity index (χ1v) is 5.61. The van der Waals surface area contributed by atoms with E-state index in [0.29, 0.717) is 25.1 Å². The normalized spacial score (nSPS) is 15.4. The summed E-state index contributed by atoms with van der Waals surface area (Å²) >= 11 is 0. The fourth-order valence-electron chi connectivity index (χ4n) is 2.34. The molecule has 1 aromatic rings. The van der Waals surface area contributed by atoms with E-state index in [4.69, 9.17) is 16.0 Å². The van der Waals surface area contributed by atoms with Gasteiger partial charge in [0, 0.05) is 18.7 Å². The monoisotopic (exact) mass is 249 g/mol. The minimum atomic E-state index is -0.904. The van der Waals surface area contributed by atoms with Crippen LogP contribution in [-0.4, -0.2) is 33.7 Å². The van der Waals surface area contributed by atoms with Crippen molar-refractivity contribution in [2.24, 2.45) is 10.9 Å². The summed E-state index contributed by atoms with van der Waals surface area (Å²) in [5.74, 6) is 0.0796. The number of hydrogen-bond acceptors (Lipinski definition) is 3. The van der Waals surface area contributed by atoms with Gasteiger partial charge in [0.2, 0.25) is 0 Å². The third kappa shape index (κ3) is 1.97. The van der Waals surface area contributed by atoms with Crippen LogP contribution in [0.5, 0.6) is 0 Å². The van der Waals surface area contributed by atoms with E-state index in [2.05, 4.69) is 5.16 Å². The van der Waals surface area contributed by atoms with Crippen LogP contribution in [-0.2, 0) is 13.0 Å². The fraction of sp³-hybridized carbons (Fsp3) is 0.333. The summed E-state index contributed by atoms with van der Waals surface area (Å²) in [5, 5.41) is 20.7. The first kappa shape index (κ1) is 12.2. The van der Waals surface area contributed by atoms with Crippen LogP contribution in [0.4, 0.5) is 4.79 Å². The van der Waals surface area contributed by atoms with Crippen molar-refractivity contribution in [3.63, 3.8) is 0 Å². The van der Waals surface area contributed by atoms with Crippen LogP contribution < -0.4 is 5.73 Å². The Hall–Kier alpha value is -2.24. The van der Waals surface area contributed by atoms with Crippen LogP contribution >= 0.6 is 0 Å². The number of oxime groups is 1. The average Bonchev–Trinajstić information content (AvgIpc) is 2.37. The van der Waals surface area contributed by atoms with Gasteiger partial charge in [-0.25, -0.2) is 4.79 Å². The van der Waals surface area contributed by atoms with Gasteiger partial charge in [0.15, 0.2) is 5.84 Å². The lowest BCUT2D eigenvalue weighted by atomic mass is 9.91. The van der Waals surface area contributed by atoms with E-state index in [1.807, 2.05) is 13.0 Å². The van der Waals surface area contributed by atoms with Gasteiger partial charge in [-0.3, -0.25) is 0 Å². The van der Waals surface area contributed by atoms with Crippen LogP contribution in [0, 0.1) is 6.92 Å². The molecule has 0 atom stereocenters. The van der Waals surface area contributed by atoms with Gasteiger partial charge < -0.3 is 20.9 Å². The van der Waals surface area contributed by atoms with E-state index in [0.717, 1.165) is 16.7 Å². The fourth-order valence-corrected chi connectivity index (χ4v) is 2.34. The molecule has 1 aliphatic heterocycles. The van der Waals surface area contributed by atoms with E-state index in [9.17, 15) is 4.79 Å². The molecule has 96 valence electrons. The zero-order valence-electron chi connectivity index (χ0n) is 10.1. The zero-order chi connectivity index (χ0) is 13.3. The molecule has 6 nitrogen and oxygen atoms in total. The number of carbonyl (C=O) groups is 1. The third-order valence-corrected chi connectivity index (χ3v) is 3.34. The average molecular weight is 249 g/mol. The maximum absolute atomic E-state index is 10.9. The van der Waals surface area contributed by atoms with Crippen molar-refractivity contribution in [2.75, 3.05) is 6.54 Å². The highest BCUT2D eigenvalue weighted by Gasteiger charge is 2.22. The molecule has 1 heterocycles. The predicted octanol–water partition coefficient (Wildman–Crippen LogP) is 1.13. The molecule has 1 amide bonds. The molecule has 0 radical (unpaired) electrons. The smallest absolute Gasteiger partial charge is 0.407 e. The van der Waals surface area contributed by atoms with Gasteiger partial charge in [-0.2, -0.15) is 0 Å². The molecule has 1 aromatic carbocycles. The molecule has 0 bridgehead atoms. The molecule has 0 aliphatic carbocycles. The molecule has 0 aromatic heterocycles.